The van der Waals surface area contributed by atoms with E-state index in [1.54, 1.807) is 0 Å². The van der Waals surface area contributed by atoms with Gasteiger partial charge in [-0.25, -0.2) is 0 Å². The van der Waals surface area contributed by atoms with Gasteiger partial charge in [0.15, 0.2) is 5.78 Å². The second-order valence-corrected chi connectivity index (χ2v) is 7.15. The standard InChI is InChI=1S/C15H26O3S/c1-4-17-14(11(2)3)13(16)12-5-7-18-15(9-12)6-8-19-10-15/h11-12,14H,4-10H2,1-3H3. The summed E-state index contributed by atoms with van der Waals surface area (Å²) in [6.07, 6.45) is 2.62. The van der Waals surface area contributed by atoms with Crippen LogP contribution < -0.4 is 0 Å². The number of carbonyl (C=O) groups is 1. The molecule has 2 rings (SSSR count). The predicted octanol–water partition coefficient (Wildman–Crippen LogP) is 2.92. The van der Waals surface area contributed by atoms with Crippen molar-refractivity contribution in [2.75, 3.05) is 24.7 Å². The average molecular weight is 286 g/mol. The summed E-state index contributed by atoms with van der Waals surface area (Å²) < 4.78 is 11.7. The Labute approximate surface area is 120 Å². The topological polar surface area (TPSA) is 35.5 Å². The summed E-state index contributed by atoms with van der Waals surface area (Å²) >= 11 is 1.95. The molecular weight excluding hydrogens is 260 g/mol. The second-order valence-electron chi connectivity index (χ2n) is 6.05. The molecule has 0 N–H and O–H groups in total. The Morgan fingerprint density at radius 2 is 2.32 bits per heavy atom. The summed E-state index contributed by atoms with van der Waals surface area (Å²) in [7, 11) is 0. The zero-order chi connectivity index (χ0) is 13.9. The molecule has 2 heterocycles. The molecule has 0 aromatic carbocycles. The molecule has 0 amide bonds. The van der Waals surface area contributed by atoms with Crippen molar-refractivity contribution in [1.29, 1.82) is 0 Å². The molecule has 19 heavy (non-hydrogen) atoms. The van der Waals surface area contributed by atoms with Crippen molar-refractivity contribution in [2.24, 2.45) is 11.8 Å². The Morgan fingerprint density at radius 3 is 2.89 bits per heavy atom. The van der Waals surface area contributed by atoms with E-state index in [2.05, 4.69) is 13.8 Å². The van der Waals surface area contributed by atoms with Crippen LogP contribution in [0.2, 0.25) is 0 Å². The Kier molecular flexibility index (Phi) is 5.32. The number of carbonyl (C=O) groups excluding carboxylic acids is 1. The number of hydrogen-bond acceptors (Lipinski definition) is 4. The third-order valence-corrected chi connectivity index (χ3v) is 5.42. The molecule has 0 saturated carbocycles. The van der Waals surface area contributed by atoms with E-state index in [1.165, 1.54) is 5.75 Å². The molecule has 4 heteroatoms. The number of hydrogen-bond donors (Lipinski definition) is 0. The Bertz CT molecular complexity index is 311. The molecule has 3 unspecified atom stereocenters. The van der Waals surface area contributed by atoms with Crippen molar-refractivity contribution in [3.63, 3.8) is 0 Å². The van der Waals surface area contributed by atoms with Gasteiger partial charge >= 0.3 is 0 Å². The van der Waals surface area contributed by atoms with E-state index in [9.17, 15) is 4.79 Å². The van der Waals surface area contributed by atoms with Crippen LogP contribution in [0.3, 0.4) is 0 Å². The summed E-state index contributed by atoms with van der Waals surface area (Å²) in [6, 6.07) is 0. The van der Waals surface area contributed by atoms with Gasteiger partial charge in [-0.05, 0) is 37.9 Å². The van der Waals surface area contributed by atoms with Gasteiger partial charge in [-0.1, -0.05) is 13.8 Å². The molecule has 0 bridgehead atoms. The molecule has 0 aromatic heterocycles. The zero-order valence-corrected chi connectivity index (χ0v) is 13.1. The maximum Gasteiger partial charge on any atom is 0.165 e. The van der Waals surface area contributed by atoms with E-state index in [0.717, 1.165) is 31.6 Å². The van der Waals surface area contributed by atoms with E-state index in [-0.39, 0.29) is 23.5 Å². The SMILES string of the molecule is CCOC(C(=O)C1CCOC2(CCSC2)C1)C(C)C. The molecule has 2 aliphatic rings. The number of rotatable bonds is 5. The van der Waals surface area contributed by atoms with Crippen LogP contribution in [0.5, 0.6) is 0 Å². The highest BCUT2D eigenvalue weighted by Crippen LogP contribution is 2.41. The molecule has 0 aliphatic carbocycles. The maximum atomic E-state index is 12.7. The number of ketones is 1. The summed E-state index contributed by atoms with van der Waals surface area (Å²) in [6.45, 7) is 7.44. The lowest BCUT2D eigenvalue weighted by atomic mass is 9.80. The lowest BCUT2D eigenvalue weighted by molar-refractivity contribution is -0.147. The fourth-order valence-corrected chi connectivity index (χ4v) is 4.53. The van der Waals surface area contributed by atoms with Gasteiger partial charge in [0, 0.05) is 24.9 Å². The number of ether oxygens (including phenoxy) is 2. The number of thioether (sulfide) groups is 1. The largest absolute Gasteiger partial charge is 0.374 e. The summed E-state index contributed by atoms with van der Waals surface area (Å²) in [5.74, 6) is 2.91. The Balaban J connectivity index is 2.01. The average Bonchev–Trinajstić information content (AvgIpc) is 2.83. The van der Waals surface area contributed by atoms with E-state index in [1.807, 2.05) is 18.7 Å². The first-order chi connectivity index (χ1) is 9.08. The van der Waals surface area contributed by atoms with Crippen LogP contribution in [0.15, 0.2) is 0 Å². The molecule has 3 atom stereocenters. The highest BCUT2D eigenvalue weighted by Gasteiger charge is 2.44. The van der Waals surface area contributed by atoms with Gasteiger partial charge in [-0.2, -0.15) is 11.8 Å². The van der Waals surface area contributed by atoms with Gasteiger partial charge in [0.05, 0.1) is 5.60 Å². The summed E-state index contributed by atoms with van der Waals surface area (Å²) in [4.78, 5) is 12.7. The van der Waals surface area contributed by atoms with Crippen molar-refractivity contribution in [3.05, 3.63) is 0 Å². The minimum atomic E-state index is -0.237. The van der Waals surface area contributed by atoms with Crippen molar-refractivity contribution in [2.45, 2.75) is 51.7 Å². The van der Waals surface area contributed by atoms with Crippen molar-refractivity contribution >= 4 is 17.5 Å². The van der Waals surface area contributed by atoms with Crippen molar-refractivity contribution in [1.82, 2.24) is 0 Å². The molecule has 2 fully saturated rings. The lowest BCUT2D eigenvalue weighted by Gasteiger charge is -2.38. The van der Waals surface area contributed by atoms with E-state index >= 15 is 0 Å². The second kappa shape index (κ2) is 6.59. The first-order valence-electron chi connectivity index (χ1n) is 7.45. The minimum absolute atomic E-state index is 0.0169. The quantitative estimate of drug-likeness (QED) is 0.778. The Morgan fingerprint density at radius 1 is 1.53 bits per heavy atom. The molecule has 2 saturated heterocycles. The van der Waals surface area contributed by atoms with E-state index in [4.69, 9.17) is 9.47 Å². The third-order valence-electron chi connectivity index (χ3n) is 4.19. The van der Waals surface area contributed by atoms with Crippen LogP contribution in [-0.2, 0) is 14.3 Å². The fourth-order valence-electron chi connectivity index (χ4n) is 3.15. The maximum absolute atomic E-state index is 12.7. The van der Waals surface area contributed by atoms with Gasteiger partial charge in [0.25, 0.3) is 0 Å². The molecular formula is C15H26O3S. The molecule has 3 nitrogen and oxygen atoms in total. The highest BCUT2D eigenvalue weighted by atomic mass is 32.2. The summed E-state index contributed by atoms with van der Waals surface area (Å²) in [5.41, 5.74) is -0.0169. The van der Waals surface area contributed by atoms with Crippen molar-refractivity contribution in [3.8, 4) is 0 Å². The van der Waals surface area contributed by atoms with E-state index < -0.39 is 0 Å². The molecule has 0 radical (unpaired) electrons. The highest BCUT2D eigenvalue weighted by molar-refractivity contribution is 7.99. The van der Waals surface area contributed by atoms with Gasteiger partial charge in [-0.3, -0.25) is 4.79 Å². The predicted molar refractivity (Wildman–Crippen MR) is 78.6 cm³/mol. The molecule has 0 aromatic rings. The first kappa shape index (κ1) is 15.3. The molecule has 2 aliphatic heterocycles. The first-order valence-corrected chi connectivity index (χ1v) is 8.60. The third kappa shape index (κ3) is 3.53. The normalized spacial score (nSPS) is 32.9. The van der Waals surface area contributed by atoms with Crippen LogP contribution in [0.4, 0.5) is 0 Å². The molecule has 1 spiro atoms. The van der Waals surface area contributed by atoms with Gasteiger partial charge < -0.3 is 9.47 Å². The Hall–Kier alpha value is -0.0600. The van der Waals surface area contributed by atoms with Gasteiger partial charge in [0.1, 0.15) is 6.10 Å². The fraction of sp³-hybridized carbons (Fsp3) is 0.933. The van der Waals surface area contributed by atoms with E-state index in [0.29, 0.717) is 12.4 Å². The van der Waals surface area contributed by atoms with Crippen LogP contribution in [0.1, 0.15) is 40.0 Å². The van der Waals surface area contributed by atoms with Crippen LogP contribution in [-0.4, -0.2) is 42.2 Å². The zero-order valence-electron chi connectivity index (χ0n) is 12.3. The minimum Gasteiger partial charge on any atom is -0.374 e. The molecule has 110 valence electrons. The van der Waals surface area contributed by atoms with Gasteiger partial charge in [-0.15, -0.1) is 0 Å². The van der Waals surface area contributed by atoms with Crippen molar-refractivity contribution < 1.29 is 14.3 Å². The van der Waals surface area contributed by atoms with Crippen LogP contribution in [0.25, 0.3) is 0 Å². The summed E-state index contributed by atoms with van der Waals surface area (Å²) in [5, 5.41) is 0. The smallest absolute Gasteiger partial charge is 0.165 e. The van der Waals surface area contributed by atoms with Gasteiger partial charge in [0.2, 0.25) is 0 Å². The monoisotopic (exact) mass is 286 g/mol. The van der Waals surface area contributed by atoms with Crippen LogP contribution >= 0.6 is 11.8 Å². The lowest BCUT2D eigenvalue weighted by Crippen LogP contribution is -2.45. The van der Waals surface area contributed by atoms with Crippen LogP contribution in [0, 0.1) is 11.8 Å². The number of Topliss-reactive ketones (excluding diaryl/α,β-unsaturated/α-hetero) is 1.